The molecule has 3 aromatic rings. The summed E-state index contributed by atoms with van der Waals surface area (Å²) in [4.78, 5) is 4.33. The number of anilines is 1. The third-order valence-corrected chi connectivity index (χ3v) is 5.79. The normalized spacial score (nSPS) is 18.6. The van der Waals surface area contributed by atoms with Crippen molar-refractivity contribution < 1.29 is 27.0 Å². The van der Waals surface area contributed by atoms with Crippen molar-refractivity contribution in [1.29, 1.82) is 0 Å². The standard InChI is InChI=1S/C24H20F4N4O2/c25-22(26)33-17-8-4-14(5-9-17)12-16-2-1-3-19-20(16)31-24-29-13-30-32(24)21(19)15-6-10-18(11-7-15)34-23(27)28/h4-13,21-23H,1-3H2,(H,29,30,31)/b16-12-/t21-/m0/s1. The van der Waals surface area contributed by atoms with Gasteiger partial charge in [0.05, 0.1) is 0 Å². The van der Waals surface area contributed by atoms with E-state index in [4.69, 9.17) is 0 Å². The minimum atomic E-state index is -2.89. The summed E-state index contributed by atoms with van der Waals surface area (Å²) in [5, 5.41) is 7.76. The number of hydrogen-bond acceptors (Lipinski definition) is 5. The molecule has 0 spiro atoms. The van der Waals surface area contributed by atoms with Crippen LogP contribution in [0.15, 0.2) is 71.7 Å². The smallest absolute Gasteiger partial charge is 0.387 e. The van der Waals surface area contributed by atoms with Crippen LogP contribution in [-0.2, 0) is 0 Å². The molecule has 2 aromatic carbocycles. The van der Waals surface area contributed by atoms with Gasteiger partial charge >= 0.3 is 13.2 Å². The summed E-state index contributed by atoms with van der Waals surface area (Å²) in [5.41, 5.74) is 4.83. The molecular formula is C24H20F4N4O2. The van der Waals surface area contributed by atoms with Gasteiger partial charge in [-0.15, -0.1) is 0 Å². The molecule has 1 atom stereocenters. The summed E-state index contributed by atoms with van der Waals surface area (Å²) in [7, 11) is 0. The van der Waals surface area contributed by atoms with Gasteiger partial charge in [-0.25, -0.2) is 4.68 Å². The van der Waals surface area contributed by atoms with Gasteiger partial charge in [0.2, 0.25) is 5.95 Å². The molecule has 6 nitrogen and oxygen atoms in total. The second kappa shape index (κ2) is 9.20. The Hall–Kier alpha value is -3.82. The molecule has 0 amide bonds. The zero-order valence-electron chi connectivity index (χ0n) is 17.8. The molecular weight excluding hydrogens is 452 g/mol. The van der Waals surface area contributed by atoms with E-state index in [-0.39, 0.29) is 17.5 Å². The van der Waals surface area contributed by atoms with Gasteiger partial charge in [-0.05, 0) is 71.9 Å². The van der Waals surface area contributed by atoms with Crippen molar-refractivity contribution in [1.82, 2.24) is 14.8 Å². The summed E-state index contributed by atoms with van der Waals surface area (Å²) in [6.45, 7) is -5.75. The van der Waals surface area contributed by atoms with E-state index in [1.807, 2.05) is 6.08 Å². The number of fused-ring (bicyclic) bond motifs is 1. The van der Waals surface area contributed by atoms with Crippen molar-refractivity contribution in [3.05, 3.63) is 82.8 Å². The molecule has 0 radical (unpaired) electrons. The Labute approximate surface area is 192 Å². The van der Waals surface area contributed by atoms with E-state index in [2.05, 4.69) is 24.9 Å². The lowest BCUT2D eigenvalue weighted by atomic mass is 9.83. The van der Waals surface area contributed by atoms with E-state index in [0.717, 1.165) is 47.2 Å². The van der Waals surface area contributed by atoms with Crippen LogP contribution in [0.3, 0.4) is 0 Å². The predicted octanol–water partition coefficient (Wildman–Crippen LogP) is 6.02. The van der Waals surface area contributed by atoms with E-state index in [9.17, 15) is 17.6 Å². The number of halogens is 4. The molecule has 0 saturated heterocycles. The molecule has 0 bridgehead atoms. The van der Waals surface area contributed by atoms with E-state index < -0.39 is 13.2 Å². The third-order valence-electron chi connectivity index (χ3n) is 5.79. The van der Waals surface area contributed by atoms with Crippen LogP contribution in [0.1, 0.15) is 36.4 Å². The molecule has 1 aliphatic heterocycles. The van der Waals surface area contributed by atoms with Crippen LogP contribution in [-0.4, -0.2) is 28.0 Å². The highest BCUT2D eigenvalue weighted by Crippen LogP contribution is 2.43. The molecule has 2 heterocycles. The van der Waals surface area contributed by atoms with Gasteiger partial charge in [-0.3, -0.25) is 0 Å². The fourth-order valence-electron chi connectivity index (χ4n) is 4.41. The molecule has 10 heteroatoms. The Morgan fingerprint density at radius 2 is 1.56 bits per heavy atom. The Morgan fingerprint density at radius 3 is 2.21 bits per heavy atom. The summed E-state index contributed by atoms with van der Waals surface area (Å²) in [6, 6.07) is 12.8. The molecule has 0 fully saturated rings. The van der Waals surface area contributed by atoms with Crippen molar-refractivity contribution >= 4 is 12.0 Å². The summed E-state index contributed by atoms with van der Waals surface area (Å²) in [6.07, 6.45) is 6.03. The van der Waals surface area contributed by atoms with Gasteiger partial charge in [0, 0.05) is 5.70 Å². The quantitative estimate of drug-likeness (QED) is 0.445. The fraction of sp³-hybridized carbons (Fsp3) is 0.250. The Bertz CT molecular complexity index is 1220. The fourth-order valence-corrected chi connectivity index (χ4v) is 4.41. The zero-order valence-corrected chi connectivity index (χ0v) is 17.8. The lowest BCUT2D eigenvalue weighted by Gasteiger charge is -2.34. The maximum Gasteiger partial charge on any atom is 0.387 e. The van der Waals surface area contributed by atoms with Crippen molar-refractivity contribution in [2.75, 3.05) is 5.32 Å². The third kappa shape index (κ3) is 4.48. The van der Waals surface area contributed by atoms with Crippen LogP contribution in [0.2, 0.25) is 0 Å². The maximum absolute atomic E-state index is 12.5. The van der Waals surface area contributed by atoms with Gasteiger partial charge in [0.25, 0.3) is 0 Å². The number of aromatic nitrogens is 3. The molecule has 34 heavy (non-hydrogen) atoms. The first-order chi connectivity index (χ1) is 16.5. The molecule has 5 rings (SSSR count). The summed E-state index contributed by atoms with van der Waals surface area (Å²) in [5.74, 6) is 0.762. The number of allylic oxidation sites excluding steroid dienone is 2. The number of nitrogens with one attached hydrogen (secondary N) is 1. The van der Waals surface area contributed by atoms with Gasteiger partial charge in [0.15, 0.2) is 0 Å². The molecule has 1 N–H and O–H groups in total. The van der Waals surface area contributed by atoms with Gasteiger partial charge in [-0.1, -0.05) is 24.3 Å². The van der Waals surface area contributed by atoms with Crippen molar-refractivity contribution in [2.45, 2.75) is 38.5 Å². The first-order valence-corrected chi connectivity index (χ1v) is 10.7. The number of nitrogens with zero attached hydrogens (tertiary/aromatic N) is 3. The largest absolute Gasteiger partial charge is 0.435 e. The minimum Gasteiger partial charge on any atom is -0.435 e. The molecule has 0 saturated carbocycles. The molecule has 176 valence electrons. The van der Waals surface area contributed by atoms with Crippen LogP contribution in [0, 0.1) is 0 Å². The van der Waals surface area contributed by atoms with Crippen molar-refractivity contribution in [3.8, 4) is 11.5 Å². The Morgan fingerprint density at radius 1 is 0.912 bits per heavy atom. The Kier molecular flexibility index (Phi) is 5.95. The van der Waals surface area contributed by atoms with E-state index in [0.29, 0.717) is 5.95 Å². The first-order valence-electron chi connectivity index (χ1n) is 10.7. The van der Waals surface area contributed by atoms with Crippen molar-refractivity contribution in [2.24, 2.45) is 0 Å². The molecule has 0 unspecified atom stereocenters. The minimum absolute atomic E-state index is 0.0872. The number of alkyl halides is 4. The van der Waals surface area contributed by atoms with Gasteiger partial charge in [-0.2, -0.15) is 27.6 Å². The second-order valence-corrected chi connectivity index (χ2v) is 7.87. The second-order valence-electron chi connectivity index (χ2n) is 7.87. The van der Waals surface area contributed by atoms with Gasteiger partial charge in [0.1, 0.15) is 23.9 Å². The van der Waals surface area contributed by atoms with Crippen LogP contribution < -0.4 is 14.8 Å². The van der Waals surface area contributed by atoms with Crippen molar-refractivity contribution in [3.63, 3.8) is 0 Å². The maximum atomic E-state index is 12.5. The van der Waals surface area contributed by atoms with E-state index in [1.54, 1.807) is 28.9 Å². The number of hydrogen-bond donors (Lipinski definition) is 1. The molecule has 1 aliphatic carbocycles. The first kappa shape index (κ1) is 22.0. The number of benzene rings is 2. The SMILES string of the molecule is FC(F)Oc1ccc(/C=C2/CCCC3=C2Nc2ncnn2[C@H]3c2ccc(OC(F)F)cc2)cc1. The monoisotopic (exact) mass is 472 g/mol. The lowest BCUT2D eigenvalue weighted by molar-refractivity contribution is -0.0505. The lowest BCUT2D eigenvalue weighted by Crippen LogP contribution is -2.28. The number of rotatable bonds is 6. The highest BCUT2D eigenvalue weighted by Gasteiger charge is 2.33. The summed E-state index contributed by atoms with van der Waals surface area (Å²) < 4.78 is 60.6. The average Bonchev–Trinajstić information content (AvgIpc) is 3.27. The van der Waals surface area contributed by atoms with E-state index in [1.165, 1.54) is 30.6 Å². The highest BCUT2D eigenvalue weighted by molar-refractivity contribution is 5.66. The number of ether oxygens (including phenoxy) is 2. The average molecular weight is 472 g/mol. The van der Waals surface area contributed by atoms with Crippen LogP contribution in [0.4, 0.5) is 23.5 Å². The van der Waals surface area contributed by atoms with Crippen LogP contribution in [0.5, 0.6) is 11.5 Å². The Balaban J connectivity index is 1.50. The van der Waals surface area contributed by atoms with Crippen LogP contribution in [0.25, 0.3) is 6.08 Å². The summed E-state index contributed by atoms with van der Waals surface area (Å²) >= 11 is 0. The van der Waals surface area contributed by atoms with E-state index >= 15 is 0 Å². The zero-order chi connectivity index (χ0) is 23.7. The predicted molar refractivity (Wildman–Crippen MR) is 117 cm³/mol. The molecule has 1 aromatic heterocycles. The van der Waals surface area contributed by atoms with Gasteiger partial charge < -0.3 is 14.8 Å². The topological polar surface area (TPSA) is 61.2 Å². The highest BCUT2D eigenvalue weighted by atomic mass is 19.3. The molecule has 2 aliphatic rings. The van der Waals surface area contributed by atoms with Crippen LogP contribution >= 0.6 is 0 Å².